The SMILES string of the molecule is Cc1ccc(Pc2cccc(C)c2OCc2ccccc2)c(N2CCCCC2)c1. The first kappa shape index (κ1) is 20.0. The van der Waals surface area contributed by atoms with Crippen molar-refractivity contribution in [2.45, 2.75) is 39.7 Å². The van der Waals surface area contributed by atoms with E-state index in [9.17, 15) is 0 Å². The maximum Gasteiger partial charge on any atom is 0.130 e. The van der Waals surface area contributed by atoms with Crippen molar-refractivity contribution in [1.82, 2.24) is 0 Å². The standard InChI is InChI=1S/C26H30NOP/c1-20-14-15-24(23(18-20)27-16-7-4-8-17-27)29-25-13-9-10-21(2)26(25)28-19-22-11-5-3-6-12-22/h3,5-6,9-15,18,29H,4,7-8,16-17,19H2,1-2H3. The molecule has 1 heterocycles. The molecule has 1 aliphatic heterocycles. The van der Waals surface area contributed by atoms with Crippen molar-refractivity contribution in [3.63, 3.8) is 0 Å². The summed E-state index contributed by atoms with van der Waals surface area (Å²) in [6.45, 7) is 7.30. The third kappa shape index (κ3) is 5.00. The number of hydrogen-bond donors (Lipinski definition) is 0. The number of para-hydroxylation sites is 1. The van der Waals surface area contributed by atoms with Crippen molar-refractivity contribution in [2.24, 2.45) is 0 Å². The number of aryl methyl sites for hydroxylation is 2. The average molecular weight is 404 g/mol. The first-order valence-electron chi connectivity index (χ1n) is 10.6. The summed E-state index contributed by atoms with van der Waals surface area (Å²) in [4.78, 5) is 2.58. The average Bonchev–Trinajstić information content (AvgIpc) is 2.76. The highest BCUT2D eigenvalue weighted by atomic mass is 31.1. The first-order chi connectivity index (χ1) is 14.2. The number of ether oxygens (including phenoxy) is 1. The molecule has 3 heteroatoms. The molecule has 0 aromatic heterocycles. The zero-order chi connectivity index (χ0) is 20.1. The lowest BCUT2D eigenvalue weighted by Crippen LogP contribution is -2.32. The molecule has 0 saturated carbocycles. The number of benzene rings is 3. The van der Waals surface area contributed by atoms with Crippen LogP contribution in [0.15, 0.2) is 66.7 Å². The fourth-order valence-corrected chi connectivity index (χ4v) is 5.34. The summed E-state index contributed by atoms with van der Waals surface area (Å²) in [5, 5.41) is 2.72. The Bertz CT molecular complexity index is 948. The second kappa shape index (κ2) is 9.46. The van der Waals surface area contributed by atoms with Crippen LogP contribution in [0.2, 0.25) is 0 Å². The quantitative estimate of drug-likeness (QED) is 0.504. The number of nitrogens with zero attached hydrogens (tertiary/aromatic N) is 1. The van der Waals surface area contributed by atoms with Crippen LogP contribution < -0.4 is 20.2 Å². The molecule has 0 aliphatic carbocycles. The molecular weight excluding hydrogens is 373 g/mol. The van der Waals surface area contributed by atoms with Gasteiger partial charge in [0.1, 0.15) is 12.4 Å². The predicted molar refractivity (Wildman–Crippen MR) is 127 cm³/mol. The highest BCUT2D eigenvalue weighted by Gasteiger charge is 2.17. The zero-order valence-corrected chi connectivity index (χ0v) is 18.4. The van der Waals surface area contributed by atoms with E-state index in [-0.39, 0.29) is 0 Å². The summed E-state index contributed by atoms with van der Waals surface area (Å²) in [6, 6.07) is 23.9. The molecule has 0 bridgehead atoms. The van der Waals surface area contributed by atoms with E-state index in [2.05, 4.69) is 79.4 Å². The molecule has 4 rings (SSSR count). The zero-order valence-electron chi connectivity index (χ0n) is 17.4. The fraction of sp³-hybridized carbons (Fsp3) is 0.308. The minimum atomic E-state index is 0.592. The van der Waals surface area contributed by atoms with Crippen LogP contribution >= 0.6 is 8.58 Å². The topological polar surface area (TPSA) is 12.5 Å². The molecular formula is C26H30NOP. The van der Waals surface area contributed by atoms with Gasteiger partial charge in [-0.3, -0.25) is 0 Å². The Hall–Kier alpha value is -2.31. The van der Waals surface area contributed by atoms with Crippen LogP contribution in [0.4, 0.5) is 5.69 Å². The lowest BCUT2D eigenvalue weighted by Gasteiger charge is -2.31. The van der Waals surface area contributed by atoms with E-state index in [1.54, 1.807) is 0 Å². The number of hydrogen-bond acceptors (Lipinski definition) is 2. The van der Waals surface area contributed by atoms with Gasteiger partial charge in [0.15, 0.2) is 0 Å². The fourth-order valence-electron chi connectivity index (χ4n) is 3.96. The maximum atomic E-state index is 6.33. The highest BCUT2D eigenvalue weighted by molar-refractivity contribution is 7.56. The highest BCUT2D eigenvalue weighted by Crippen LogP contribution is 2.29. The Labute approximate surface area is 176 Å². The van der Waals surface area contributed by atoms with Crippen LogP contribution in [0.3, 0.4) is 0 Å². The van der Waals surface area contributed by atoms with Crippen molar-refractivity contribution in [3.05, 3.63) is 83.4 Å². The molecule has 3 aromatic carbocycles. The molecule has 29 heavy (non-hydrogen) atoms. The molecule has 0 N–H and O–H groups in total. The summed E-state index contributed by atoms with van der Waals surface area (Å²) in [5.41, 5.74) is 5.16. The summed E-state index contributed by atoms with van der Waals surface area (Å²) in [7, 11) is 0.592. The van der Waals surface area contributed by atoms with Crippen LogP contribution in [-0.4, -0.2) is 13.1 Å². The normalized spacial score (nSPS) is 14.5. The van der Waals surface area contributed by atoms with Gasteiger partial charge in [-0.15, -0.1) is 0 Å². The lowest BCUT2D eigenvalue weighted by atomic mass is 10.1. The van der Waals surface area contributed by atoms with Crippen molar-refractivity contribution in [1.29, 1.82) is 0 Å². The Kier molecular flexibility index (Phi) is 6.52. The molecule has 1 fully saturated rings. The van der Waals surface area contributed by atoms with Gasteiger partial charge < -0.3 is 9.64 Å². The number of rotatable bonds is 6. The smallest absolute Gasteiger partial charge is 0.130 e. The molecule has 2 nitrogen and oxygen atoms in total. The van der Waals surface area contributed by atoms with Crippen LogP contribution in [0.5, 0.6) is 5.75 Å². The van der Waals surface area contributed by atoms with Gasteiger partial charge in [0.2, 0.25) is 0 Å². The van der Waals surface area contributed by atoms with E-state index >= 15 is 0 Å². The second-order valence-electron chi connectivity index (χ2n) is 7.92. The lowest BCUT2D eigenvalue weighted by molar-refractivity contribution is 0.307. The molecule has 0 radical (unpaired) electrons. The van der Waals surface area contributed by atoms with Gasteiger partial charge in [-0.05, 0) is 55.9 Å². The van der Waals surface area contributed by atoms with Crippen molar-refractivity contribution in [2.75, 3.05) is 18.0 Å². The van der Waals surface area contributed by atoms with E-state index in [0.717, 1.165) is 5.75 Å². The Morgan fingerprint density at radius 3 is 2.41 bits per heavy atom. The van der Waals surface area contributed by atoms with Gasteiger partial charge in [0.05, 0.1) is 0 Å². The van der Waals surface area contributed by atoms with Gasteiger partial charge in [0, 0.05) is 29.4 Å². The third-order valence-corrected chi connectivity index (χ3v) is 6.91. The Morgan fingerprint density at radius 2 is 1.62 bits per heavy atom. The summed E-state index contributed by atoms with van der Waals surface area (Å²) < 4.78 is 6.33. The van der Waals surface area contributed by atoms with E-state index in [1.807, 2.05) is 6.07 Å². The third-order valence-electron chi connectivity index (χ3n) is 5.56. The van der Waals surface area contributed by atoms with Gasteiger partial charge in [0.25, 0.3) is 0 Å². The number of anilines is 1. The molecule has 150 valence electrons. The van der Waals surface area contributed by atoms with Crippen molar-refractivity contribution < 1.29 is 4.74 Å². The summed E-state index contributed by atoms with van der Waals surface area (Å²) >= 11 is 0. The molecule has 1 unspecified atom stereocenters. The van der Waals surface area contributed by atoms with E-state index in [1.165, 1.54) is 65.3 Å². The summed E-state index contributed by atoms with van der Waals surface area (Å²) in [5.74, 6) is 1.04. The van der Waals surface area contributed by atoms with Crippen LogP contribution in [0.25, 0.3) is 0 Å². The van der Waals surface area contributed by atoms with Gasteiger partial charge in [-0.2, -0.15) is 0 Å². The minimum Gasteiger partial charge on any atom is -0.488 e. The molecule has 1 aliphatic rings. The Morgan fingerprint density at radius 1 is 0.828 bits per heavy atom. The monoisotopic (exact) mass is 403 g/mol. The first-order valence-corrected chi connectivity index (χ1v) is 11.6. The van der Waals surface area contributed by atoms with Crippen LogP contribution in [0, 0.1) is 13.8 Å². The second-order valence-corrected chi connectivity index (χ2v) is 9.25. The van der Waals surface area contributed by atoms with Gasteiger partial charge in [-0.25, -0.2) is 0 Å². The van der Waals surface area contributed by atoms with Gasteiger partial charge in [-0.1, -0.05) is 69.2 Å². The summed E-state index contributed by atoms with van der Waals surface area (Å²) in [6.07, 6.45) is 3.95. The molecule has 1 atom stereocenters. The van der Waals surface area contributed by atoms with Gasteiger partial charge >= 0.3 is 0 Å². The number of piperidine rings is 1. The molecule has 1 saturated heterocycles. The van der Waals surface area contributed by atoms with Crippen molar-refractivity contribution >= 4 is 24.9 Å². The van der Waals surface area contributed by atoms with Crippen molar-refractivity contribution in [3.8, 4) is 5.75 Å². The Balaban J connectivity index is 1.60. The van der Waals surface area contributed by atoms with E-state index in [0.29, 0.717) is 15.2 Å². The molecule has 3 aromatic rings. The predicted octanol–water partition coefficient (Wildman–Crippen LogP) is 5.50. The van der Waals surface area contributed by atoms with Crippen LogP contribution in [0.1, 0.15) is 36.0 Å². The van der Waals surface area contributed by atoms with E-state index in [4.69, 9.17) is 4.74 Å². The van der Waals surface area contributed by atoms with Crippen LogP contribution in [-0.2, 0) is 6.61 Å². The largest absolute Gasteiger partial charge is 0.488 e. The van der Waals surface area contributed by atoms with E-state index < -0.39 is 0 Å². The molecule has 0 spiro atoms. The molecule has 0 amide bonds. The maximum absolute atomic E-state index is 6.33. The minimum absolute atomic E-state index is 0.592.